The minimum absolute atomic E-state index is 0.683. The summed E-state index contributed by atoms with van der Waals surface area (Å²) in [4.78, 5) is 2.46. The van der Waals surface area contributed by atoms with Gasteiger partial charge in [-0.2, -0.15) is 0 Å². The Morgan fingerprint density at radius 1 is 1.10 bits per heavy atom. The second kappa shape index (κ2) is 6.13. The average Bonchev–Trinajstić information content (AvgIpc) is 2.49. The molecule has 108 valence electrons. The molecule has 1 aromatic carbocycles. The summed E-state index contributed by atoms with van der Waals surface area (Å²) in [7, 11) is 0. The molecule has 0 bridgehead atoms. The third-order valence-electron chi connectivity index (χ3n) is 4.81. The van der Waals surface area contributed by atoms with Crippen LogP contribution in [0.25, 0.3) is 0 Å². The lowest BCUT2D eigenvalue weighted by Crippen LogP contribution is -2.51. The van der Waals surface area contributed by atoms with E-state index in [-0.39, 0.29) is 0 Å². The first-order valence-corrected chi connectivity index (χ1v) is 8.29. The van der Waals surface area contributed by atoms with Gasteiger partial charge in [0.05, 0.1) is 0 Å². The van der Waals surface area contributed by atoms with E-state index >= 15 is 0 Å². The van der Waals surface area contributed by atoms with Crippen LogP contribution < -0.4 is 5.32 Å². The molecule has 1 heterocycles. The number of likely N-dealkylation sites (tertiary alicyclic amines) is 1. The Bertz CT molecular complexity index is 466. The molecule has 0 unspecified atom stereocenters. The number of hydrogen-bond acceptors (Lipinski definition) is 1. The maximum absolute atomic E-state index is 5.67. The normalized spacial score (nSPS) is 25.9. The van der Waals surface area contributed by atoms with Crippen molar-refractivity contribution in [2.24, 2.45) is 5.92 Å². The van der Waals surface area contributed by atoms with Crippen LogP contribution in [0.2, 0.25) is 0 Å². The van der Waals surface area contributed by atoms with Crippen molar-refractivity contribution in [3.8, 4) is 0 Å². The molecular weight excluding hydrogens is 264 g/mol. The molecule has 1 aliphatic heterocycles. The Labute approximate surface area is 127 Å². The highest BCUT2D eigenvalue weighted by Gasteiger charge is 2.34. The Morgan fingerprint density at radius 2 is 1.80 bits per heavy atom. The zero-order chi connectivity index (χ0) is 13.9. The molecule has 3 rings (SSSR count). The molecule has 0 amide bonds. The van der Waals surface area contributed by atoms with E-state index in [1.165, 1.54) is 44.1 Å². The van der Waals surface area contributed by atoms with Crippen molar-refractivity contribution < 1.29 is 0 Å². The fraction of sp³-hybridized carbons (Fsp3) is 0.588. The number of piperidine rings is 1. The van der Waals surface area contributed by atoms with E-state index in [0.717, 1.165) is 23.3 Å². The fourth-order valence-corrected chi connectivity index (χ4v) is 4.05. The maximum atomic E-state index is 5.67. The minimum atomic E-state index is 0.683. The average molecular weight is 288 g/mol. The zero-order valence-electron chi connectivity index (χ0n) is 12.3. The number of aryl methyl sites for hydroxylation is 1. The molecule has 2 aliphatic rings. The first-order valence-electron chi connectivity index (χ1n) is 7.88. The lowest BCUT2D eigenvalue weighted by atomic mass is 9.78. The van der Waals surface area contributed by atoms with Gasteiger partial charge in [-0.3, -0.25) is 0 Å². The molecule has 1 saturated carbocycles. The van der Waals surface area contributed by atoms with Crippen LogP contribution in [0.5, 0.6) is 0 Å². The molecule has 2 nitrogen and oxygen atoms in total. The number of nitrogens with zero attached hydrogens (tertiary/aromatic N) is 1. The number of nitrogens with one attached hydrogen (secondary N) is 1. The zero-order valence-corrected chi connectivity index (χ0v) is 13.1. The van der Waals surface area contributed by atoms with Gasteiger partial charge < -0.3 is 10.2 Å². The van der Waals surface area contributed by atoms with Crippen LogP contribution in [-0.4, -0.2) is 22.6 Å². The first-order chi connectivity index (χ1) is 9.74. The van der Waals surface area contributed by atoms with Gasteiger partial charge in [-0.15, -0.1) is 0 Å². The van der Waals surface area contributed by atoms with E-state index in [0.29, 0.717) is 6.04 Å². The van der Waals surface area contributed by atoms with Crippen LogP contribution in [0.3, 0.4) is 0 Å². The number of rotatable bonds is 1. The standard InChI is InChI=1S/C17H24N2S/c1-13-8-10-15(11-9-13)18-17(20)19-12-4-6-14-5-2-3-7-16(14)19/h8-11,14,16H,2-7,12H2,1H3,(H,18,20)/t14-,16-/m0/s1. The monoisotopic (exact) mass is 288 g/mol. The minimum Gasteiger partial charge on any atom is -0.346 e. The van der Waals surface area contributed by atoms with Crippen LogP contribution >= 0.6 is 12.2 Å². The summed E-state index contributed by atoms with van der Waals surface area (Å²) in [6.07, 6.45) is 8.18. The van der Waals surface area contributed by atoms with Crippen molar-refractivity contribution in [1.82, 2.24) is 4.90 Å². The smallest absolute Gasteiger partial charge is 0.173 e. The Morgan fingerprint density at radius 3 is 2.60 bits per heavy atom. The molecular formula is C17H24N2S. The number of benzene rings is 1. The van der Waals surface area contributed by atoms with Gasteiger partial charge in [0.25, 0.3) is 0 Å². The van der Waals surface area contributed by atoms with Gasteiger partial charge in [-0.25, -0.2) is 0 Å². The van der Waals surface area contributed by atoms with Gasteiger partial charge in [0.15, 0.2) is 5.11 Å². The fourth-order valence-electron chi connectivity index (χ4n) is 3.71. The van der Waals surface area contributed by atoms with Crippen molar-refractivity contribution in [2.45, 2.75) is 51.5 Å². The van der Waals surface area contributed by atoms with E-state index < -0.39 is 0 Å². The summed E-state index contributed by atoms with van der Waals surface area (Å²) < 4.78 is 0. The molecule has 20 heavy (non-hydrogen) atoms. The van der Waals surface area contributed by atoms with Crippen molar-refractivity contribution in [1.29, 1.82) is 0 Å². The van der Waals surface area contributed by atoms with E-state index in [1.807, 2.05) is 0 Å². The molecule has 2 atom stereocenters. The molecule has 3 heteroatoms. The summed E-state index contributed by atoms with van der Waals surface area (Å²) >= 11 is 5.67. The van der Waals surface area contributed by atoms with E-state index in [1.54, 1.807) is 0 Å². The SMILES string of the molecule is Cc1ccc(NC(=S)N2CCC[C@@H]3CCCC[C@@H]32)cc1. The Kier molecular flexibility index (Phi) is 4.25. The highest BCUT2D eigenvalue weighted by Crippen LogP contribution is 2.35. The van der Waals surface area contributed by atoms with Gasteiger partial charge in [0.1, 0.15) is 0 Å². The third-order valence-corrected chi connectivity index (χ3v) is 5.14. The van der Waals surface area contributed by atoms with Gasteiger partial charge in [0.2, 0.25) is 0 Å². The van der Waals surface area contributed by atoms with Crippen LogP contribution in [0.4, 0.5) is 5.69 Å². The summed E-state index contributed by atoms with van der Waals surface area (Å²) in [5.41, 5.74) is 2.39. The maximum Gasteiger partial charge on any atom is 0.173 e. The van der Waals surface area contributed by atoms with E-state index in [4.69, 9.17) is 12.2 Å². The van der Waals surface area contributed by atoms with Gasteiger partial charge in [-0.05, 0) is 62.9 Å². The van der Waals surface area contributed by atoms with E-state index in [2.05, 4.69) is 41.4 Å². The number of fused-ring (bicyclic) bond motifs is 1. The topological polar surface area (TPSA) is 15.3 Å². The molecule has 1 aliphatic carbocycles. The molecule has 0 spiro atoms. The van der Waals surface area contributed by atoms with Crippen LogP contribution in [-0.2, 0) is 0 Å². The predicted molar refractivity (Wildman–Crippen MR) is 89.1 cm³/mol. The second-order valence-electron chi connectivity index (χ2n) is 6.24. The van der Waals surface area contributed by atoms with Crippen molar-refractivity contribution in [3.63, 3.8) is 0 Å². The molecule has 2 fully saturated rings. The first kappa shape index (κ1) is 13.9. The van der Waals surface area contributed by atoms with Gasteiger partial charge in [0, 0.05) is 18.3 Å². The molecule has 1 N–H and O–H groups in total. The highest BCUT2D eigenvalue weighted by molar-refractivity contribution is 7.80. The highest BCUT2D eigenvalue weighted by atomic mass is 32.1. The predicted octanol–water partition coefficient (Wildman–Crippen LogP) is 4.35. The number of hydrogen-bond donors (Lipinski definition) is 1. The van der Waals surface area contributed by atoms with Gasteiger partial charge in [-0.1, -0.05) is 30.5 Å². The van der Waals surface area contributed by atoms with Crippen LogP contribution in [0, 0.1) is 12.8 Å². The summed E-state index contributed by atoms with van der Waals surface area (Å²) in [5, 5.41) is 4.35. The number of anilines is 1. The van der Waals surface area contributed by atoms with Crippen molar-refractivity contribution in [3.05, 3.63) is 29.8 Å². The van der Waals surface area contributed by atoms with Crippen LogP contribution in [0.1, 0.15) is 44.1 Å². The van der Waals surface area contributed by atoms with Crippen molar-refractivity contribution >= 4 is 23.0 Å². The summed E-state index contributed by atoms with van der Waals surface area (Å²) in [5.74, 6) is 0.871. The Balaban J connectivity index is 1.67. The summed E-state index contributed by atoms with van der Waals surface area (Å²) in [6.45, 7) is 3.23. The lowest BCUT2D eigenvalue weighted by Gasteiger charge is -2.45. The molecule has 0 radical (unpaired) electrons. The van der Waals surface area contributed by atoms with E-state index in [9.17, 15) is 0 Å². The van der Waals surface area contributed by atoms with Crippen LogP contribution in [0.15, 0.2) is 24.3 Å². The second-order valence-corrected chi connectivity index (χ2v) is 6.63. The van der Waals surface area contributed by atoms with Crippen molar-refractivity contribution in [2.75, 3.05) is 11.9 Å². The quantitative estimate of drug-likeness (QED) is 0.774. The number of thiocarbonyl (C=S) groups is 1. The molecule has 1 aromatic rings. The largest absolute Gasteiger partial charge is 0.346 e. The third kappa shape index (κ3) is 2.98. The molecule has 1 saturated heterocycles. The lowest BCUT2D eigenvalue weighted by molar-refractivity contribution is 0.121. The summed E-state index contributed by atoms with van der Waals surface area (Å²) in [6, 6.07) is 9.17. The Hall–Kier alpha value is -1.09. The van der Waals surface area contributed by atoms with Gasteiger partial charge >= 0.3 is 0 Å². The molecule has 0 aromatic heterocycles.